The molecular formula is C29H30ClF3N6O3. The van der Waals surface area contributed by atoms with Crippen molar-refractivity contribution in [3.8, 4) is 11.5 Å². The van der Waals surface area contributed by atoms with Crippen LogP contribution in [-0.4, -0.2) is 81.1 Å². The number of carbonyl (C=O) groups is 1. The summed E-state index contributed by atoms with van der Waals surface area (Å²) in [5.41, 5.74) is 1.15. The average molecular weight is 603 g/mol. The Hall–Kier alpha value is -3.71. The van der Waals surface area contributed by atoms with Gasteiger partial charge in [0.25, 0.3) is 0 Å². The smallest absolute Gasteiger partial charge is 0.416 e. The molecule has 0 bridgehead atoms. The number of carbonyl (C=O) groups excluding carboxylic acids is 1. The number of imidazole rings is 1. The first-order valence-electron chi connectivity index (χ1n) is 13.4. The van der Waals surface area contributed by atoms with Crippen LogP contribution in [0.2, 0.25) is 5.02 Å². The SMILES string of the molecule is Cn1c(Nc2cc(C(F)(F)F)ccc2Cl)nc2cc(Oc3ccnc(CC(=O)CN4CCN(CCO)CC4)c3)ccc21. The molecule has 2 N–H and O–H groups in total. The van der Waals surface area contributed by atoms with E-state index in [-0.39, 0.29) is 29.5 Å². The molecule has 1 fully saturated rings. The number of ketones is 1. The number of nitrogens with zero attached hydrogens (tertiary/aromatic N) is 5. The second-order valence-electron chi connectivity index (χ2n) is 10.1. The first-order valence-corrected chi connectivity index (χ1v) is 13.8. The number of ether oxygens (including phenoxy) is 1. The summed E-state index contributed by atoms with van der Waals surface area (Å²) in [6.45, 7) is 4.34. The summed E-state index contributed by atoms with van der Waals surface area (Å²) in [6.07, 6.45) is -2.73. The minimum Gasteiger partial charge on any atom is -0.457 e. The van der Waals surface area contributed by atoms with Crippen LogP contribution in [0.4, 0.5) is 24.8 Å². The van der Waals surface area contributed by atoms with E-state index in [4.69, 9.17) is 21.4 Å². The minimum absolute atomic E-state index is 0.0612. The number of nitrogens with one attached hydrogen (secondary N) is 1. The Labute approximate surface area is 245 Å². The highest BCUT2D eigenvalue weighted by atomic mass is 35.5. The maximum Gasteiger partial charge on any atom is 0.416 e. The van der Waals surface area contributed by atoms with Crippen molar-refractivity contribution in [3.63, 3.8) is 0 Å². The molecule has 1 aliphatic rings. The lowest BCUT2D eigenvalue weighted by molar-refractivity contribution is -0.137. The first-order chi connectivity index (χ1) is 20.1. The van der Waals surface area contributed by atoms with Crippen LogP contribution in [0, 0.1) is 0 Å². The first kappa shape index (κ1) is 29.8. The number of β-amino-alcohol motifs (C(OH)–C–C–N with tert-alkyl or cyclic N) is 1. The van der Waals surface area contributed by atoms with E-state index in [0.29, 0.717) is 41.7 Å². The predicted molar refractivity (Wildman–Crippen MR) is 153 cm³/mol. The standard InChI is InChI=1S/C29H30ClF3N6O3/c1-37-27-5-3-22(17-26(27)36-28(37)35-25-14-19(29(31,32)33)2-4-24(25)30)42-23-6-7-34-20(16-23)15-21(41)18-39-10-8-38(9-11-39)12-13-40/h2-7,14,16-17,40H,8-13,15,18H2,1H3,(H,35,36). The van der Waals surface area contributed by atoms with E-state index in [1.165, 1.54) is 6.07 Å². The molecule has 0 unspecified atom stereocenters. The van der Waals surface area contributed by atoms with Crippen LogP contribution >= 0.6 is 11.6 Å². The van der Waals surface area contributed by atoms with Gasteiger partial charge in [-0.25, -0.2) is 4.98 Å². The zero-order chi connectivity index (χ0) is 29.9. The summed E-state index contributed by atoms with van der Waals surface area (Å²) in [7, 11) is 1.74. The highest BCUT2D eigenvalue weighted by Gasteiger charge is 2.31. The van der Waals surface area contributed by atoms with E-state index >= 15 is 0 Å². The normalized spacial score (nSPS) is 14.8. The highest BCUT2D eigenvalue weighted by Crippen LogP contribution is 2.35. The Morgan fingerprint density at radius 3 is 2.52 bits per heavy atom. The van der Waals surface area contributed by atoms with Gasteiger partial charge in [0.1, 0.15) is 11.5 Å². The molecule has 0 aliphatic carbocycles. The summed E-state index contributed by atoms with van der Waals surface area (Å²) in [4.78, 5) is 25.8. The molecule has 4 aromatic rings. The van der Waals surface area contributed by atoms with E-state index in [1.54, 1.807) is 48.1 Å². The van der Waals surface area contributed by atoms with E-state index < -0.39 is 11.7 Å². The number of pyridine rings is 1. The lowest BCUT2D eigenvalue weighted by Gasteiger charge is -2.33. The molecule has 2 aromatic heterocycles. The molecule has 9 nitrogen and oxygen atoms in total. The fourth-order valence-corrected chi connectivity index (χ4v) is 5.01. The molecule has 222 valence electrons. The van der Waals surface area contributed by atoms with Gasteiger partial charge in [0.2, 0.25) is 5.95 Å². The van der Waals surface area contributed by atoms with Crippen molar-refractivity contribution in [1.29, 1.82) is 0 Å². The molecule has 5 rings (SSSR count). The van der Waals surface area contributed by atoms with Crippen LogP contribution in [0.3, 0.4) is 0 Å². The van der Waals surface area contributed by atoms with Crippen LogP contribution < -0.4 is 10.1 Å². The van der Waals surface area contributed by atoms with Gasteiger partial charge in [0.15, 0.2) is 5.78 Å². The van der Waals surface area contributed by atoms with Gasteiger partial charge in [-0.15, -0.1) is 0 Å². The van der Waals surface area contributed by atoms with E-state index in [1.807, 2.05) is 0 Å². The van der Waals surface area contributed by atoms with Gasteiger partial charge in [0, 0.05) is 58.1 Å². The number of Topliss-reactive ketones (excluding diaryl/α,β-unsaturated/α-hetero) is 1. The number of anilines is 2. The van der Waals surface area contributed by atoms with Gasteiger partial charge in [-0.05, 0) is 36.4 Å². The number of halogens is 4. The van der Waals surface area contributed by atoms with Gasteiger partial charge >= 0.3 is 6.18 Å². The number of alkyl halides is 3. The number of fused-ring (bicyclic) bond motifs is 1. The van der Waals surface area contributed by atoms with Crippen molar-refractivity contribution < 1.29 is 27.8 Å². The van der Waals surface area contributed by atoms with Crippen LogP contribution in [0.5, 0.6) is 11.5 Å². The summed E-state index contributed by atoms with van der Waals surface area (Å²) in [5.74, 6) is 1.37. The number of aryl methyl sites for hydroxylation is 1. The molecule has 0 spiro atoms. The average Bonchev–Trinajstić information content (AvgIpc) is 3.24. The fraction of sp³-hybridized carbons (Fsp3) is 0.345. The molecule has 0 atom stereocenters. The maximum absolute atomic E-state index is 13.2. The molecule has 42 heavy (non-hydrogen) atoms. The molecule has 0 amide bonds. The van der Waals surface area contributed by atoms with Crippen molar-refractivity contribution in [2.24, 2.45) is 7.05 Å². The number of aliphatic hydroxyl groups excluding tert-OH is 1. The van der Waals surface area contributed by atoms with Gasteiger partial charge < -0.3 is 19.7 Å². The summed E-state index contributed by atoms with van der Waals surface area (Å²) < 4.78 is 47.3. The molecule has 1 aliphatic heterocycles. The number of hydrogen-bond acceptors (Lipinski definition) is 8. The topological polar surface area (TPSA) is 95.7 Å². The number of aliphatic hydroxyl groups is 1. The predicted octanol–water partition coefficient (Wildman–Crippen LogP) is 4.90. The monoisotopic (exact) mass is 602 g/mol. The number of rotatable bonds is 10. The van der Waals surface area contributed by atoms with Crippen molar-refractivity contribution >= 4 is 40.1 Å². The zero-order valence-electron chi connectivity index (χ0n) is 22.9. The van der Waals surface area contributed by atoms with E-state index in [2.05, 4.69) is 25.1 Å². The third-order valence-electron chi connectivity index (χ3n) is 7.08. The van der Waals surface area contributed by atoms with Crippen LogP contribution in [0.15, 0.2) is 54.7 Å². The van der Waals surface area contributed by atoms with Gasteiger partial charge in [0.05, 0.1) is 52.6 Å². The van der Waals surface area contributed by atoms with Gasteiger partial charge in [-0.3, -0.25) is 19.6 Å². The fourth-order valence-electron chi connectivity index (χ4n) is 4.84. The number of benzene rings is 2. The molecular weight excluding hydrogens is 573 g/mol. The maximum atomic E-state index is 13.2. The van der Waals surface area contributed by atoms with Crippen LogP contribution in [0.25, 0.3) is 11.0 Å². The van der Waals surface area contributed by atoms with Crippen molar-refractivity contribution in [2.75, 3.05) is 51.2 Å². The minimum atomic E-state index is -4.50. The quantitative estimate of drug-likeness (QED) is 0.265. The molecule has 0 saturated carbocycles. The zero-order valence-corrected chi connectivity index (χ0v) is 23.6. The summed E-state index contributed by atoms with van der Waals surface area (Å²) in [6, 6.07) is 11.8. The molecule has 1 saturated heterocycles. The Morgan fingerprint density at radius 2 is 1.79 bits per heavy atom. The summed E-state index contributed by atoms with van der Waals surface area (Å²) >= 11 is 6.15. The third kappa shape index (κ3) is 7.19. The van der Waals surface area contributed by atoms with Crippen molar-refractivity contribution in [3.05, 3.63) is 71.0 Å². The Balaban J connectivity index is 1.24. The van der Waals surface area contributed by atoms with E-state index in [0.717, 1.165) is 43.8 Å². The second kappa shape index (κ2) is 12.7. The lowest BCUT2D eigenvalue weighted by atomic mass is 10.1. The summed E-state index contributed by atoms with van der Waals surface area (Å²) in [5, 5.41) is 12.1. The third-order valence-corrected chi connectivity index (χ3v) is 7.41. The molecule has 3 heterocycles. The largest absolute Gasteiger partial charge is 0.457 e. The number of hydrogen-bond donors (Lipinski definition) is 2. The molecule has 2 aromatic carbocycles. The van der Waals surface area contributed by atoms with E-state index in [9.17, 15) is 18.0 Å². The van der Waals surface area contributed by atoms with Gasteiger partial charge in [-0.2, -0.15) is 13.2 Å². The second-order valence-corrected chi connectivity index (χ2v) is 10.5. The number of aromatic nitrogens is 3. The van der Waals surface area contributed by atoms with Crippen LogP contribution in [0.1, 0.15) is 11.3 Å². The Morgan fingerprint density at radius 1 is 1.05 bits per heavy atom. The van der Waals surface area contributed by atoms with Crippen molar-refractivity contribution in [1.82, 2.24) is 24.3 Å². The Kier molecular flexibility index (Phi) is 8.97. The Bertz CT molecular complexity index is 1570. The molecule has 0 radical (unpaired) electrons. The highest BCUT2D eigenvalue weighted by molar-refractivity contribution is 6.33. The van der Waals surface area contributed by atoms with Gasteiger partial charge in [-0.1, -0.05) is 11.6 Å². The molecule has 13 heteroatoms. The number of piperazine rings is 1. The van der Waals surface area contributed by atoms with Crippen LogP contribution in [-0.2, 0) is 24.4 Å². The van der Waals surface area contributed by atoms with Crippen molar-refractivity contribution in [2.45, 2.75) is 12.6 Å². The lowest BCUT2D eigenvalue weighted by Crippen LogP contribution is -2.48.